The number of amides is 2. The first-order chi connectivity index (χ1) is 12.6. The van der Waals surface area contributed by atoms with Crippen molar-refractivity contribution in [1.29, 1.82) is 0 Å². The van der Waals surface area contributed by atoms with Gasteiger partial charge in [0.1, 0.15) is 5.75 Å². The van der Waals surface area contributed by atoms with Crippen LogP contribution in [-0.4, -0.2) is 42.5 Å². The van der Waals surface area contributed by atoms with Gasteiger partial charge < -0.3 is 15.0 Å². The van der Waals surface area contributed by atoms with Crippen LogP contribution in [0.5, 0.6) is 5.75 Å². The number of likely N-dealkylation sites (tertiary alicyclic amines) is 1. The van der Waals surface area contributed by atoms with Gasteiger partial charge in [-0.2, -0.15) is 0 Å². The van der Waals surface area contributed by atoms with Gasteiger partial charge in [0.2, 0.25) is 5.91 Å². The summed E-state index contributed by atoms with van der Waals surface area (Å²) in [7, 11) is 0. The molecule has 0 spiro atoms. The zero-order valence-electron chi connectivity index (χ0n) is 15.0. The number of nitrogens with zero attached hydrogens (tertiary/aromatic N) is 1. The van der Waals surface area contributed by atoms with Crippen molar-refractivity contribution in [1.82, 2.24) is 10.2 Å². The lowest BCUT2D eigenvalue weighted by molar-refractivity contribution is -0.127. The number of aryl methyl sites for hydroxylation is 1. The standard InChI is InChI=1S/C21H24N2O3/c1-16-7-9-19(10-8-16)26-15-20(24)22-18-13-21(25)23(14-18)12-11-17-5-3-2-4-6-17/h2-10,18H,11-15H2,1H3,(H,22,24)/t18-/m0/s1. The molecule has 2 amide bonds. The number of benzene rings is 2. The third-order valence-corrected chi connectivity index (χ3v) is 4.48. The summed E-state index contributed by atoms with van der Waals surface area (Å²) < 4.78 is 5.48. The van der Waals surface area contributed by atoms with Crippen LogP contribution < -0.4 is 10.1 Å². The Hall–Kier alpha value is -2.82. The van der Waals surface area contributed by atoms with Crippen LogP contribution in [0, 0.1) is 6.92 Å². The predicted octanol–water partition coefficient (Wildman–Crippen LogP) is 2.33. The van der Waals surface area contributed by atoms with Gasteiger partial charge in [-0.05, 0) is 31.0 Å². The van der Waals surface area contributed by atoms with Crippen LogP contribution in [0.3, 0.4) is 0 Å². The number of hydrogen-bond donors (Lipinski definition) is 1. The fraction of sp³-hybridized carbons (Fsp3) is 0.333. The second-order valence-electron chi connectivity index (χ2n) is 6.65. The fourth-order valence-electron chi connectivity index (χ4n) is 3.05. The van der Waals surface area contributed by atoms with Crippen LogP contribution in [0.4, 0.5) is 0 Å². The number of rotatable bonds is 7. The van der Waals surface area contributed by atoms with Gasteiger partial charge >= 0.3 is 0 Å². The molecule has 1 heterocycles. The molecular weight excluding hydrogens is 328 g/mol. The van der Waals surface area contributed by atoms with E-state index in [4.69, 9.17) is 4.74 Å². The number of ether oxygens (including phenoxy) is 1. The first-order valence-corrected chi connectivity index (χ1v) is 8.90. The monoisotopic (exact) mass is 352 g/mol. The van der Waals surface area contributed by atoms with E-state index < -0.39 is 0 Å². The molecule has 1 atom stereocenters. The van der Waals surface area contributed by atoms with Crippen LogP contribution in [0.25, 0.3) is 0 Å². The maximum absolute atomic E-state index is 12.1. The zero-order chi connectivity index (χ0) is 18.4. The molecule has 0 aromatic heterocycles. The highest BCUT2D eigenvalue weighted by molar-refractivity contribution is 5.82. The van der Waals surface area contributed by atoms with E-state index in [1.807, 2.05) is 54.3 Å². The van der Waals surface area contributed by atoms with Gasteiger partial charge in [0.05, 0.1) is 6.04 Å². The van der Waals surface area contributed by atoms with Gasteiger partial charge in [-0.3, -0.25) is 9.59 Å². The minimum Gasteiger partial charge on any atom is -0.484 e. The summed E-state index contributed by atoms with van der Waals surface area (Å²) in [4.78, 5) is 26.0. The molecule has 136 valence electrons. The van der Waals surface area contributed by atoms with Gasteiger partial charge in [-0.25, -0.2) is 0 Å². The molecule has 2 aromatic rings. The van der Waals surface area contributed by atoms with Crippen molar-refractivity contribution < 1.29 is 14.3 Å². The predicted molar refractivity (Wildman–Crippen MR) is 99.9 cm³/mol. The lowest BCUT2D eigenvalue weighted by atomic mass is 10.1. The van der Waals surface area contributed by atoms with Crippen LogP contribution >= 0.6 is 0 Å². The molecule has 0 aliphatic carbocycles. The SMILES string of the molecule is Cc1ccc(OCC(=O)N[C@H]2CC(=O)N(CCc3ccccc3)C2)cc1. The Balaban J connectivity index is 1.41. The van der Waals surface area contributed by atoms with Crippen LogP contribution in [0.15, 0.2) is 54.6 Å². The van der Waals surface area contributed by atoms with Crippen molar-refractivity contribution in [3.05, 3.63) is 65.7 Å². The lowest BCUT2D eigenvalue weighted by Crippen LogP contribution is -2.39. The first-order valence-electron chi connectivity index (χ1n) is 8.90. The average Bonchev–Trinajstić information content (AvgIpc) is 2.99. The highest BCUT2D eigenvalue weighted by Gasteiger charge is 2.30. The van der Waals surface area contributed by atoms with Gasteiger partial charge in [-0.1, -0.05) is 48.0 Å². The lowest BCUT2D eigenvalue weighted by Gasteiger charge is -2.17. The second kappa shape index (κ2) is 8.52. The van der Waals surface area contributed by atoms with Crippen molar-refractivity contribution in [3.8, 4) is 5.75 Å². The van der Waals surface area contributed by atoms with Crippen LogP contribution in [0.2, 0.25) is 0 Å². The molecule has 1 aliphatic heterocycles. The quantitative estimate of drug-likeness (QED) is 0.832. The Labute approximate surface area is 154 Å². The smallest absolute Gasteiger partial charge is 0.258 e. The minimum absolute atomic E-state index is 0.0439. The molecule has 2 aromatic carbocycles. The summed E-state index contributed by atoms with van der Waals surface area (Å²) in [5.41, 5.74) is 2.35. The number of nitrogens with one attached hydrogen (secondary N) is 1. The van der Waals surface area contributed by atoms with E-state index in [9.17, 15) is 9.59 Å². The van der Waals surface area contributed by atoms with Crippen molar-refractivity contribution in [2.24, 2.45) is 0 Å². The van der Waals surface area contributed by atoms with Gasteiger partial charge in [0.25, 0.3) is 5.91 Å². The van der Waals surface area contributed by atoms with E-state index in [0.717, 1.165) is 12.0 Å². The molecule has 26 heavy (non-hydrogen) atoms. The van der Waals surface area contributed by atoms with Crippen LogP contribution in [0.1, 0.15) is 17.5 Å². The molecule has 5 nitrogen and oxygen atoms in total. The van der Waals surface area contributed by atoms with Crippen molar-refractivity contribution >= 4 is 11.8 Å². The Morgan fingerprint density at radius 2 is 1.88 bits per heavy atom. The fourth-order valence-corrected chi connectivity index (χ4v) is 3.05. The van der Waals surface area contributed by atoms with Crippen molar-refractivity contribution in [2.75, 3.05) is 19.7 Å². The third-order valence-electron chi connectivity index (χ3n) is 4.48. The summed E-state index contributed by atoms with van der Waals surface area (Å²) in [5.74, 6) is 0.553. The number of carbonyl (C=O) groups is 2. The van der Waals surface area contributed by atoms with E-state index in [2.05, 4.69) is 17.4 Å². The van der Waals surface area contributed by atoms with E-state index in [1.54, 1.807) is 0 Å². The third kappa shape index (κ3) is 5.09. The number of hydrogen-bond acceptors (Lipinski definition) is 3. The first kappa shape index (κ1) is 18.0. The summed E-state index contributed by atoms with van der Waals surface area (Å²) in [6.45, 7) is 3.19. The Morgan fingerprint density at radius 1 is 1.15 bits per heavy atom. The number of carbonyl (C=O) groups excluding carboxylic acids is 2. The summed E-state index contributed by atoms with van der Waals surface area (Å²) >= 11 is 0. The highest BCUT2D eigenvalue weighted by Crippen LogP contribution is 2.13. The molecule has 1 fully saturated rings. The largest absolute Gasteiger partial charge is 0.484 e. The van der Waals surface area contributed by atoms with Gasteiger partial charge in [0.15, 0.2) is 6.61 Å². The molecule has 0 unspecified atom stereocenters. The Morgan fingerprint density at radius 3 is 2.62 bits per heavy atom. The van der Waals surface area contributed by atoms with Crippen LogP contribution in [-0.2, 0) is 16.0 Å². The molecule has 0 radical (unpaired) electrons. The highest BCUT2D eigenvalue weighted by atomic mass is 16.5. The molecule has 3 rings (SSSR count). The topological polar surface area (TPSA) is 58.6 Å². The molecule has 1 N–H and O–H groups in total. The minimum atomic E-state index is -0.201. The summed E-state index contributed by atoms with van der Waals surface area (Å²) in [6, 6.07) is 17.5. The zero-order valence-corrected chi connectivity index (χ0v) is 15.0. The normalized spacial score (nSPS) is 16.6. The summed E-state index contributed by atoms with van der Waals surface area (Å²) in [5, 5.41) is 2.89. The Bertz CT molecular complexity index is 744. The molecular formula is C21H24N2O3. The second-order valence-corrected chi connectivity index (χ2v) is 6.65. The van der Waals surface area contributed by atoms with E-state index in [-0.39, 0.29) is 24.5 Å². The molecule has 5 heteroatoms. The van der Waals surface area contributed by atoms with E-state index in [0.29, 0.717) is 25.3 Å². The van der Waals surface area contributed by atoms with Gasteiger partial charge in [0, 0.05) is 19.5 Å². The van der Waals surface area contributed by atoms with E-state index >= 15 is 0 Å². The average molecular weight is 352 g/mol. The van der Waals surface area contributed by atoms with Gasteiger partial charge in [-0.15, -0.1) is 0 Å². The van der Waals surface area contributed by atoms with E-state index in [1.165, 1.54) is 5.56 Å². The molecule has 0 saturated carbocycles. The molecule has 0 bridgehead atoms. The maximum atomic E-state index is 12.1. The molecule has 1 saturated heterocycles. The van der Waals surface area contributed by atoms with Crippen molar-refractivity contribution in [3.63, 3.8) is 0 Å². The summed E-state index contributed by atoms with van der Waals surface area (Å²) in [6.07, 6.45) is 1.18. The maximum Gasteiger partial charge on any atom is 0.258 e. The Kier molecular flexibility index (Phi) is 5.89. The van der Waals surface area contributed by atoms with Crippen molar-refractivity contribution in [2.45, 2.75) is 25.8 Å². The molecule has 1 aliphatic rings.